The summed E-state index contributed by atoms with van der Waals surface area (Å²) < 4.78 is 10.0. The average Bonchev–Trinajstić information content (AvgIpc) is 2.78. The Labute approximate surface area is 104 Å². The van der Waals surface area contributed by atoms with E-state index in [1.54, 1.807) is 11.3 Å². The van der Waals surface area contributed by atoms with Crippen LogP contribution in [0.4, 0.5) is 5.13 Å². The number of carbonyl (C=O) groups excluding carboxylic acids is 1. The van der Waals surface area contributed by atoms with Crippen LogP contribution in [0, 0.1) is 0 Å². The minimum atomic E-state index is -0.253. The summed E-state index contributed by atoms with van der Waals surface area (Å²) in [5, 5.41) is 2.87. The lowest BCUT2D eigenvalue weighted by molar-refractivity contribution is -0.139. The Bertz CT molecular complexity index is 394. The van der Waals surface area contributed by atoms with E-state index in [0.29, 0.717) is 6.04 Å². The van der Waals surface area contributed by atoms with E-state index in [2.05, 4.69) is 21.5 Å². The second-order valence-corrected chi connectivity index (χ2v) is 4.83. The first-order valence-corrected chi connectivity index (χ1v) is 6.44. The first kappa shape index (κ1) is 12.3. The highest BCUT2D eigenvalue weighted by Gasteiger charge is 2.21. The fourth-order valence-electron chi connectivity index (χ4n) is 1.74. The molecule has 0 bridgehead atoms. The molecule has 1 saturated heterocycles. The van der Waals surface area contributed by atoms with E-state index >= 15 is 0 Å². The summed E-state index contributed by atoms with van der Waals surface area (Å²) in [6.45, 7) is 4.43. The number of rotatable bonds is 3. The van der Waals surface area contributed by atoms with Crippen LogP contribution >= 0.6 is 11.3 Å². The third-order valence-corrected chi connectivity index (χ3v) is 3.63. The van der Waals surface area contributed by atoms with Gasteiger partial charge < -0.3 is 14.4 Å². The second-order valence-electron chi connectivity index (χ2n) is 3.99. The SMILES string of the molecule is COC(=O)Cc1csc(N2CCOCC2C)n1. The monoisotopic (exact) mass is 256 g/mol. The number of hydrogen-bond donors (Lipinski definition) is 0. The van der Waals surface area contributed by atoms with Gasteiger partial charge in [-0.1, -0.05) is 0 Å². The van der Waals surface area contributed by atoms with Gasteiger partial charge in [-0.15, -0.1) is 11.3 Å². The molecule has 1 aromatic rings. The quantitative estimate of drug-likeness (QED) is 0.758. The summed E-state index contributed by atoms with van der Waals surface area (Å²) in [5.74, 6) is -0.253. The number of nitrogens with zero attached hydrogens (tertiary/aromatic N) is 2. The van der Waals surface area contributed by atoms with Gasteiger partial charge in [0.05, 0.1) is 38.5 Å². The molecule has 5 nitrogen and oxygen atoms in total. The summed E-state index contributed by atoms with van der Waals surface area (Å²) in [7, 11) is 1.39. The van der Waals surface area contributed by atoms with E-state index in [4.69, 9.17) is 4.74 Å². The predicted molar refractivity (Wildman–Crippen MR) is 65.5 cm³/mol. The molecule has 17 heavy (non-hydrogen) atoms. The maximum absolute atomic E-state index is 11.1. The first-order chi connectivity index (χ1) is 8.20. The lowest BCUT2D eigenvalue weighted by Gasteiger charge is -2.32. The Morgan fingerprint density at radius 3 is 3.29 bits per heavy atom. The summed E-state index contributed by atoms with van der Waals surface area (Å²) in [4.78, 5) is 17.8. The molecule has 1 aliphatic rings. The van der Waals surface area contributed by atoms with E-state index in [0.717, 1.165) is 30.6 Å². The van der Waals surface area contributed by atoms with Crippen molar-refractivity contribution in [1.29, 1.82) is 0 Å². The van der Waals surface area contributed by atoms with E-state index in [1.807, 2.05) is 5.38 Å². The highest BCUT2D eigenvalue weighted by Crippen LogP contribution is 2.24. The van der Waals surface area contributed by atoms with Crippen LogP contribution in [-0.2, 0) is 20.7 Å². The van der Waals surface area contributed by atoms with Crippen LogP contribution in [0.2, 0.25) is 0 Å². The Kier molecular flexibility index (Phi) is 3.96. The summed E-state index contributed by atoms with van der Waals surface area (Å²) in [6.07, 6.45) is 0.242. The van der Waals surface area contributed by atoms with Crippen molar-refractivity contribution in [2.45, 2.75) is 19.4 Å². The number of aromatic nitrogens is 1. The number of methoxy groups -OCH3 is 1. The molecule has 1 atom stereocenters. The van der Waals surface area contributed by atoms with Gasteiger partial charge in [0.1, 0.15) is 0 Å². The van der Waals surface area contributed by atoms with Gasteiger partial charge in [0, 0.05) is 11.9 Å². The minimum Gasteiger partial charge on any atom is -0.469 e. The lowest BCUT2D eigenvalue weighted by atomic mass is 10.3. The molecular formula is C11H16N2O3S. The molecule has 94 valence electrons. The predicted octanol–water partition coefficient (Wildman–Crippen LogP) is 1.08. The van der Waals surface area contributed by atoms with Crippen molar-refractivity contribution in [2.24, 2.45) is 0 Å². The normalized spacial score (nSPS) is 20.4. The van der Waals surface area contributed by atoms with Crippen molar-refractivity contribution in [1.82, 2.24) is 4.98 Å². The van der Waals surface area contributed by atoms with E-state index in [-0.39, 0.29) is 12.4 Å². The van der Waals surface area contributed by atoms with Crippen LogP contribution in [-0.4, -0.2) is 43.9 Å². The largest absolute Gasteiger partial charge is 0.469 e. The van der Waals surface area contributed by atoms with Crippen molar-refractivity contribution in [3.63, 3.8) is 0 Å². The minimum absolute atomic E-state index is 0.242. The molecule has 1 aromatic heterocycles. The summed E-state index contributed by atoms with van der Waals surface area (Å²) >= 11 is 1.56. The molecule has 2 rings (SSSR count). The smallest absolute Gasteiger partial charge is 0.311 e. The van der Waals surface area contributed by atoms with Crippen molar-refractivity contribution < 1.29 is 14.3 Å². The Hall–Kier alpha value is -1.14. The maximum atomic E-state index is 11.1. The van der Waals surface area contributed by atoms with Crippen molar-refractivity contribution in [2.75, 3.05) is 31.8 Å². The van der Waals surface area contributed by atoms with Gasteiger partial charge in [-0.3, -0.25) is 4.79 Å². The van der Waals surface area contributed by atoms with Crippen LogP contribution in [0.1, 0.15) is 12.6 Å². The van der Waals surface area contributed by atoms with E-state index in [1.165, 1.54) is 7.11 Å². The lowest BCUT2D eigenvalue weighted by Crippen LogP contribution is -2.43. The zero-order valence-corrected chi connectivity index (χ0v) is 10.8. The number of ether oxygens (including phenoxy) is 2. The topological polar surface area (TPSA) is 51.7 Å². The van der Waals surface area contributed by atoms with Crippen LogP contribution in [0.3, 0.4) is 0 Å². The van der Waals surface area contributed by atoms with Crippen LogP contribution < -0.4 is 4.90 Å². The zero-order chi connectivity index (χ0) is 12.3. The van der Waals surface area contributed by atoms with Gasteiger partial charge in [-0.05, 0) is 6.92 Å². The van der Waals surface area contributed by atoms with Crippen LogP contribution in [0.25, 0.3) is 0 Å². The molecule has 0 amide bonds. The maximum Gasteiger partial charge on any atom is 0.311 e. The molecule has 0 aliphatic carbocycles. The zero-order valence-electron chi connectivity index (χ0n) is 10.0. The molecule has 1 unspecified atom stereocenters. The van der Waals surface area contributed by atoms with Gasteiger partial charge in [0.25, 0.3) is 0 Å². The molecular weight excluding hydrogens is 240 g/mol. The highest BCUT2D eigenvalue weighted by atomic mass is 32.1. The molecule has 2 heterocycles. The Balaban J connectivity index is 2.04. The Morgan fingerprint density at radius 1 is 1.76 bits per heavy atom. The molecule has 0 N–H and O–H groups in total. The number of hydrogen-bond acceptors (Lipinski definition) is 6. The third-order valence-electron chi connectivity index (χ3n) is 2.71. The number of thiazole rings is 1. The highest BCUT2D eigenvalue weighted by molar-refractivity contribution is 7.13. The Morgan fingerprint density at radius 2 is 2.59 bits per heavy atom. The van der Waals surface area contributed by atoms with Crippen molar-refractivity contribution in [3.05, 3.63) is 11.1 Å². The number of morpholine rings is 1. The molecule has 0 aromatic carbocycles. The van der Waals surface area contributed by atoms with E-state index in [9.17, 15) is 4.79 Å². The number of carbonyl (C=O) groups is 1. The van der Waals surface area contributed by atoms with Gasteiger partial charge in [-0.25, -0.2) is 4.98 Å². The molecule has 6 heteroatoms. The van der Waals surface area contributed by atoms with Gasteiger partial charge >= 0.3 is 5.97 Å². The molecule has 0 saturated carbocycles. The molecule has 0 radical (unpaired) electrons. The fraction of sp³-hybridized carbons (Fsp3) is 0.636. The van der Waals surface area contributed by atoms with Crippen molar-refractivity contribution >= 4 is 22.4 Å². The molecule has 1 aliphatic heterocycles. The molecule has 0 spiro atoms. The number of esters is 1. The van der Waals surface area contributed by atoms with E-state index < -0.39 is 0 Å². The van der Waals surface area contributed by atoms with Crippen LogP contribution in [0.15, 0.2) is 5.38 Å². The number of anilines is 1. The van der Waals surface area contributed by atoms with Crippen molar-refractivity contribution in [3.8, 4) is 0 Å². The van der Waals surface area contributed by atoms with Gasteiger partial charge in [-0.2, -0.15) is 0 Å². The van der Waals surface area contributed by atoms with Gasteiger partial charge in [0.15, 0.2) is 5.13 Å². The first-order valence-electron chi connectivity index (χ1n) is 5.56. The third kappa shape index (κ3) is 2.95. The second kappa shape index (κ2) is 5.46. The van der Waals surface area contributed by atoms with Crippen LogP contribution in [0.5, 0.6) is 0 Å². The molecule has 1 fully saturated rings. The standard InChI is InChI=1S/C11H16N2O3S/c1-8-6-16-4-3-13(8)11-12-9(7-17-11)5-10(14)15-2/h7-8H,3-6H2,1-2H3. The summed E-state index contributed by atoms with van der Waals surface area (Å²) in [5.41, 5.74) is 0.774. The summed E-state index contributed by atoms with van der Waals surface area (Å²) in [6, 6.07) is 0.334. The average molecular weight is 256 g/mol. The fourth-order valence-corrected chi connectivity index (χ4v) is 2.69. The van der Waals surface area contributed by atoms with Gasteiger partial charge in [0.2, 0.25) is 0 Å².